The van der Waals surface area contributed by atoms with Crippen molar-refractivity contribution in [3.8, 4) is 0 Å². The number of hydrogen-bond donors (Lipinski definition) is 2. The number of likely N-dealkylation sites (tertiary alicyclic amines) is 1. The normalized spacial score (nSPS) is 22.3. The summed E-state index contributed by atoms with van der Waals surface area (Å²) in [6.45, 7) is 1.61. The molecule has 1 amide bonds. The van der Waals surface area contributed by atoms with E-state index in [0.29, 0.717) is 0 Å². The van der Waals surface area contributed by atoms with Crippen LogP contribution >= 0.6 is 0 Å². The van der Waals surface area contributed by atoms with E-state index in [9.17, 15) is 9.82 Å². The van der Waals surface area contributed by atoms with Crippen LogP contribution in [-0.2, 0) is 15.0 Å². The van der Waals surface area contributed by atoms with E-state index >= 15 is 0 Å². The minimum atomic E-state index is -0.896. The number of carbonyl (C=O) groups excluding carboxylic acids is 1. The molecule has 1 saturated heterocycles. The molecule has 3 aliphatic rings. The molecule has 1 saturated carbocycles. The summed E-state index contributed by atoms with van der Waals surface area (Å²) in [7, 11) is -0.896. The van der Waals surface area contributed by atoms with Crippen molar-refractivity contribution in [1.82, 2.24) is 14.9 Å². The maximum atomic E-state index is 10.7. The molecular weight excluding hydrogens is 344 g/mol. The fraction of sp³-hybridized carbons (Fsp3) is 0.471. The molecule has 0 aromatic carbocycles. The Labute approximate surface area is 190 Å². The van der Waals surface area contributed by atoms with E-state index in [-0.39, 0.29) is 64.2 Å². The van der Waals surface area contributed by atoms with Crippen molar-refractivity contribution in [1.29, 1.82) is 0 Å². The van der Waals surface area contributed by atoms with Gasteiger partial charge in [-0.15, -0.1) is 0 Å². The summed E-state index contributed by atoms with van der Waals surface area (Å²) >= 11 is 0. The zero-order chi connectivity index (χ0) is 15.7. The van der Waals surface area contributed by atoms with Crippen LogP contribution in [0.25, 0.3) is 11.0 Å². The van der Waals surface area contributed by atoms with Gasteiger partial charge in [-0.3, -0.25) is 0 Å². The number of amides is 1. The zero-order valence-corrected chi connectivity index (χ0v) is 17.8. The second kappa shape index (κ2) is 6.74. The molecule has 0 unspecified atom stereocenters. The van der Waals surface area contributed by atoms with Crippen LogP contribution < -0.4 is 56.8 Å². The van der Waals surface area contributed by atoms with Crippen LogP contribution in [0, 0.1) is 12.8 Å². The van der Waals surface area contributed by atoms with Crippen molar-refractivity contribution in [3.05, 3.63) is 31.5 Å². The van der Waals surface area contributed by atoms with Crippen molar-refractivity contribution < 1.29 is 65.9 Å². The van der Waals surface area contributed by atoms with Crippen LogP contribution in [-0.4, -0.2) is 46.5 Å². The minimum Gasteiger partial charge on any atom is -0.520 e. The summed E-state index contributed by atoms with van der Waals surface area (Å²) in [5.41, 5.74) is 2.54. The van der Waals surface area contributed by atoms with Crippen LogP contribution in [0.1, 0.15) is 31.2 Å². The smallest absolute Gasteiger partial charge is 0.520 e. The fourth-order valence-corrected chi connectivity index (χ4v) is 4.75. The fourth-order valence-electron chi connectivity index (χ4n) is 4.75. The van der Waals surface area contributed by atoms with E-state index in [4.69, 9.17) is 4.65 Å². The third-order valence-corrected chi connectivity index (χ3v) is 5.97. The van der Waals surface area contributed by atoms with Crippen molar-refractivity contribution in [3.63, 3.8) is 0 Å². The van der Waals surface area contributed by atoms with Gasteiger partial charge in [0.15, 0.2) is 0 Å². The molecule has 5 rings (SSSR count). The molecule has 1 aliphatic carbocycles. The Morgan fingerprint density at radius 2 is 2.04 bits per heavy atom. The molecule has 6 nitrogen and oxygen atoms in total. The van der Waals surface area contributed by atoms with Gasteiger partial charge in [0, 0.05) is 28.7 Å². The number of pyridine rings is 1. The van der Waals surface area contributed by atoms with Gasteiger partial charge in [0.1, 0.15) is 5.65 Å². The molecular formula is C17H20BKN3O3-. The van der Waals surface area contributed by atoms with Gasteiger partial charge in [-0.2, -0.15) is 6.41 Å². The van der Waals surface area contributed by atoms with Gasteiger partial charge in [0.25, 0.3) is 0 Å². The Morgan fingerprint density at radius 3 is 2.72 bits per heavy atom. The molecule has 2 N–H and O–H groups in total. The third kappa shape index (κ3) is 2.77. The largest absolute Gasteiger partial charge is 1.00 e. The average Bonchev–Trinajstić information content (AvgIpc) is 3.10. The van der Waals surface area contributed by atoms with Crippen LogP contribution in [0.15, 0.2) is 18.5 Å². The predicted molar refractivity (Wildman–Crippen MR) is 91.0 cm³/mol. The number of aromatic nitrogens is 2. The van der Waals surface area contributed by atoms with Crippen LogP contribution in [0.4, 0.5) is 0 Å². The maximum Gasteiger partial charge on any atom is 1.00 e. The third-order valence-electron chi connectivity index (χ3n) is 5.97. The molecule has 25 heavy (non-hydrogen) atoms. The first kappa shape index (κ1) is 19.5. The molecule has 4 heterocycles. The maximum absolute atomic E-state index is 10.7. The monoisotopic (exact) mass is 364 g/mol. The quantitative estimate of drug-likeness (QED) is 0.448. The topological polar surface area (TPSA) is 78.5 Å². The minimum absolute atomic E-state index is 0. The Balaban J connectivity index is 0.000000911. The van der Waals surface area contributed by atoms with E-state index in [1.165, 1.54) is 0 Å². The zero-order valence-electron chi connectivity index (χ0n) is 14.7. The number of H-pyrrole nitrogens is 1. The Hall–Kier alpha value is -0.219. The molecule has 0 radical (unpaired) electrons. The number of nitrogens with one attached hydrogen (secondary N) is 1. The standard InChI is InChI=1S/C16H17BN3O3.CH3.K/c21-10-20-8-15(9-20)2-4-16(5-3-15)13-11-1-6-18-14(11)19-7-12(13)17(22)23-16;;/h1,6-7,22H,2-5,8-9H2,(H,18,19);1H3;/q2*-1;+1. The number of rotatable bonds is 1. The van der Waals surface area contributed by atoms with Gasteiger partial charge >= 0.3 is 58.5 Å². The molecule has 2 aliphatic heterocycles. The summed E-state index contributed by atoms with van der Waals surface area (Å²) in [5.74, 6) is 0. The Kier molecular flexibility index (Phi) is 5.27. The molecule has 2 spiro atoms. The average molecular weight is 364 g/mol. The summed E-state index contributed by atoms with van der Waals surface area (Å²) in [6.07, 6.45) is 9.33. The summed E-state index contributed by atoms with van der Waals surface area (Å²) in [5, 5.41) is 11.4. The number of fused-ring (bicyclic) bond motifs is 4. The molecule has 126 valence electrons. The van der Waals surface area contributed by atoms with E-state index in [0.717, 1.165) is 60.8 Å². The molecule has 0 atom stereocenters. The van der Waals surface area contributed by atoms with Crippen molar-refractivity contribution in [2.24, 2.45) is 5.41 Å². The Bertz CT molecular complexity index is 796. The van der Waals surface area contributed by atoms with Crippen LogP contribution in [0.3, 0.4) is 0 Å². The summed E-state index contributed by atoms with van der Waals surface area (Å²) in [4.78, 5) is 19.9. The van der Waals surface area contributed by atoms with Crippen molar-refractivity contribution in [2.75, 3.05) is 13.1 Å². The number of hydrogen-bond acceptors (Lipinski definition) is 4. The van der Waals surface area contributed by atoms with Gasteiger partial charge in [0.05, 0.1) is 5.60 Å². The number of aromatic amines is 1. The van der Waals surface area contributed by atoms with Crippen molar-refractivity contribution in [2.45, 2.75) is 31.3 Å². The first-order valence-corrected chi connectivity index (χ1v) is 8.10. The molecule has 8 heteroatoms. The van der Waals surface area contributed by atoms with E-state index in [1.807, 2.05) is 18.7 Å². The van der Waals surface area contributed by atoms with Gasteiger partial charge in [-0.05, 0) is 50.4 Å². The summed E-state index contributed by atoms with van der Waals surface area (Å²) < 4.78 is 6.06. The first-order valence-electron chi connectivity index (χ1n) is 8.10. The summed E-state index contributed by atoms with van der Waals surface area (Å²) in [6, 6.07) is 2.02. The van der Waals surface area contributed by atoms with Gasteiger partial charge in [0.2, 0.25) is 0 Å². The molecule has 0 bridgehead atoms. The molecule has 2 aromatic heterocycles. The number of nitrogens with zero attached hydrogens (tertiary/aromatic N) is 2. The van der Waals surface area contributed by atoms with E-state index in [1.54, 1.807) is 11.1 Å². The molecule has 2 aromatic rings. The SMILES string of the molecule is O=[C-]N1CC2(CCC3(CC2)OB(O)c2cnc4[nH]ccc4c23)C1.[CH3-].[K+]. The molecule has 2 fully saturated rings. The van der Waals surface area contributed by atoms with Gasteiger partial charge in [-0.25, -0.2) is 4.98 Å². The predicted octanol–water partition coefficient (Wildman–Crippen LogP) is -2.13. The van der Waals surface area contributed by atoms with Crippen LogP contribution in [0.5, 0.6) is 0 Å². The van der Waals surface area contributed by atoms with Crippen LogP contribution in [0.2, 0.25) is 0 Å². The van der Waals surface area contributed by atoms with E-state index < -0.39 is 12.7 Å². The van der Waals surface area contributed by atoms with Gasteiger partial charge in [-0.1, -0.05) is 0 Å². The van der Waals surface area contributed by atoms with Gasteiger partial charge < -0.3 is 31.8 Å². The second-order valence-electron chi connectivity index (χ2n) is 7.24. The second-order valence-corrected chi connectivity index (χ2v) is 7.24. The Morgan fingerprint density at radius 1 is 1.32 bits per heavy atom. The first-order chi connectivity index (χ1) is 11.1. The van der Waals surface area contributed by atoms with Crippen molar-refractivity contribution >= 4 is 30.0 Å². The van der Waals surface area contributed by atoms with E-state index in [2.05, 4.69) is 9.97 Å².